The number of ether oxygens (including phenoxy) is 3. The quantitative estimate of drug-likeness (QED) is 0.741. The molecule has 2 aromatic carbocycles. The molecule has 4 rings (SSSR count). The Morgan fingerprint density at radius 3 is 2.64 bits per heavy atom. The van der Waals surface area contributed by atoms with Gasteiger partial charge in [-0.1, -0.05) is 30.3 Å². The Hall–Kier alpha value is -1.96. The predicted molar refractivity (Wildman–Crippen MR) is 102 cm³/mol. The van der Waals surface area contributed by atoms with Crippen molar-refractivity contribution in [2.24, 2.45) is 0 Å². The van der Waals surface area contributed by atoms with Crippen molar-refractivity contribution in [3.63, 3.8) is 0 Å². The Morgan fingerprint density at radius 2 is 1.86 bits per heavy atom. The molecule has 0 radical (unpaired) electrons. The third-order valence-corrected chi connectivity index (χ3v) is 5.65. The number of aliphatic hydroxyl groups excluding tert-OH is 3. The maximum absolute atomic E-state index is 10.4. The minimum Gasteiger partial charge on any atom is -0.493 e. The summed E-state index contributed by atoms with van der Waals surface area (Å²) in [5, 5.41) is 30.6. The summed E-state index contributed by atoms with van der Waals surface area (Å²) in [6.45, 7) is 2.78. The summed E-state index contributed by atoms with van der Waals surface area (Å²) in [5.74, 6) is 0.964. The summed E-state index contributed by atoms with van der Waals surface area (Å²) in [7, 11) is 1.40. The molecular weight excluding hydrogens is 360 g/mol. The fourth-order valence-corrected chi connectivity index (χ4v) is 3.95. The van der Waals surface area contributed by atoms with Crippen LogP contribution in [0.3, 0.4) is 0 Å². The molecule has 2 aliphatic rings. The predicted octanol–water partition coefficient (Wildman–Crippen LogP) is 1.65. The number of aliphatic hydroxyl groups is 3. The smallest absolute Gasteiger partial charge is 0.186 e. The number of hydrogen-bond acceptors (Lipinski definition) is 6. The van der Waals surface area contributed by atoms with Crippen molar-refractivity contribution in [1.82, 2.24) is 0 Å². The lowest BCUT2D eigenvalue weighted by Gasteiger charge is -2.40. The normalized spacial score (nSPS) is 29.4. The van der Waals surface area contributed by atoms with Crippen LogP contribution in [0.4, 0.5) is 0 Å². The van der Waals surface area contributed by atoms with E-state index in [1.807, 2.05) is 31.2 Å². The molecule has 1 fully saturated rings. The van der Waals surface area contributed by atoms with E-state index >= 15 is 0 Å². The van der Waals surface area contributed by atoms with Crippen molar-refractivity contribution in [1.29, 1.82) is 0 Å². The van der Waals surface area contributed by atoms with Crippen molar-refractivity contribution in [2.45, 2.75) is 50.5 Å². The standard InChI is InChI=1S/C22H26O6/c1-12-3-5-15(21-19(24)18(23)20(25)22(26-2)28-21)11-16(12)10-13-4-6-17-14(9-13)7-8-27-17/h3-6,9,11,18-25H,7-8,10H2,1-2H3/t18-,19-,20+,21+,22+/m1/s1. The van der Waals surface area contributed by atoms with Gasteiger partial charge in [-0.15, -0.1) is 0 Å². The first-order valence-corrected chi connectivity index (χ1v) is 9.54. The van der Waals surface area contributed by atoms with E-state index in [0.717, 1.165) is 41.9 Å². The SMILES string of the molecule is CO[C@H]1O[C@@H](c2ccc(C)c(Cc3ccc4c(c3)CCO4)c2)[C@H](O)[C@@H](O)[C@@H]1O. The van der Waals surface area contributed by atoms with Crippen molar-refractivity contribution in [3.05, 3.63) is 64.2 Å². The Bertz CT molecular complexity index is 849. The highest BCUT2D eigenvalue weighted by Gasteiger charge is 2.44. The van der Waals surface area contributed by atoms with Crippen LogP contribution in [0, 0.1) is 6.92 Å². The van der Waals surface area contributed by atoms with Crippen LogP contribution in [0.25, 0.3) is 0 Å². The number of hydrogen-bond donors (Lipinski definition) is 3. The summed E-state index contributed by atoms with van der Waals surface area (Å²) < 4.78 is 16.4. The zero-order valence-electron chi connectivity index (χ0n) is 16.0. The largest absolute Gasteiger partial charge is 0.493 e. The van der Waals surface area contributed by atoms with Crippen molar-refractivity contribution in [3.8, 4) is 5.75 Å². The second-order valence-electron chi connectivity index (χ2n) is 7.54. The number of aryl methyl sites for hydroxylation is 1. The minimum absolute atomic E-state index is 0.735. The van der Waals surface area contributed by atoms with E-state index in [-0.39, 0.29) is 0 Å². The maximum atomic E-state index is 10.4. The van der Waals surface area contributed by atoms with Gasteiger partial charge < -0.3 is 29.5 Å². The lowest BCUT2D eigenvalue weighted by molar-refractivity contribution is -0.292. The van der Waals surface area contributed by atoms with Crippen molar-refractivity contribution < 1.29 is 29.5 Å². The van der Waals surface area contributed by atoms with Crippen LogP contribution in [-0.4, -0.2) is 53.6 Å². The third kappa shape index (κ3) is 3.54. The average molecular weight is 386 g/mol. The Morgan fingerprint density at radius 1 is 1.04 bits per heavy atom. The van der Waals surface area contributed by atoms with Gasteiger partial charge in [-0.2, -0.15) is 0 Å². The van der Waals surface area contributed by atoms with Crippen LogP contribution >= 0.6 is 0 Å². The number of fused-ring (bicyclic) bond motifs is 1. The molecule has 1 saturated heterocycles. The van der Waals surface area contributed by atoms with Gasteiger partial charge in [0.25, 0.3) is 0 Å². The second kappa shape index (κ2) is 7.81. The highest BCUT2D eigenvalue weighted by molar-refractivity contribution is 5.43. The highest BCUT2D eigenvalue weighted by Crippen LogP contribution is 2.34. The molecule has 28 heavy (non-hydrogen) atoms. The van der Waals surface area contributed by atoms with Crippen molar-refractivity contribution >= 4 is 0 Å². The Labute approximate surface area is 164 Å². The molecule has 0 bridgehead atoms. The van der Waals surface area contributed by atoms with Gasteiger partial charge in [0.15, 0.2) is 6.29 Å². The molecule has 0 unspecified atom stereocenters. The van der Waals surface area contributed by atoms with E-state index in [1.165, 1.54) is 18.2 Å². The van der Waals surface area contributed by atoms with Crippen LogP contribution in [0.1, 0.15) is 33.9 Å². The van der Waals surface area contributed by atoms with Gasteiger partial charge in [-0.05, 0) is 47.2 Å². The van der Waals surface area contributed by atoms with Gasteiger partial charge in [0.2, 0.25) is 0 Å². The molecule has 5 atom stereocenters. The first-order chi connectivity index (χ1) is 13.5. The molecule has 0 aliphatic carbocycles. The van der Waals surface area contributed by atoms with Crippen LogP contribution < -0.4 is 4.74 Å². The molecule has 2 aliphatic heterocycles. The summed E-state index contributed by atoms with van der Waals surface area (Å²) in [6, 6.07) is 12.1. The lowest BCUT2D eigenvalue weighted by atomic mass is 9.90. The summed E-state index contributed by atoms with van der Waals surface area (Å²) >= 11 is 0. The zero-order valence-corrected chi connectivity index (χ0v) is 16.0. The van der Waals surface area contributed by atoms with Crippen LogP contribution in [0.2, 0.25) is 0 Å². The van der Waals surface area contributed by atoms with E-state index in [4.69, 9.17) is 14.2 Å². The molecule has 0 amide bonds. The van der Waals surface area contributed by atoms with Gasteiger partial charge in [-0.25, -0.2) is 0 Å². The summed E-state index contributed by atoms with van der Waals surface area (Å²) in [4.78, 5) is 0. The Kier molecular flexibility index (Phi) is 5.40. The Balaban J connectivity index is 1.60. The molecule has 2 aromatic rings. The summed E-state index contributed by atoms with van der Waals surface area (Å²) in [5.41, 5.74) is 5.42. The molecule has 150 valence electrons. The molecule has 6 heteroatoms. The van der Waals surface area contributed by atoms with Crippen LogP contribution in [0.15, 0.2) is 36.4 Å². The first-order valence-electron chi connectivity index (χ1n) is 9.54. The molecule has 6 nitrogen and oxygen atoms in total. The van der Waals surface area contributed by atoms with Crippen molar-refractivity contribution in [2.75, 3.05) is 13.7 Å². The second-order valence-corrected chi connectivity index (χ2v) is 7.54. The van der Waals surface area contributed by atoms with Crippen LogP contribution in [-0.2, 0) is 22.3 Å². The van der Waals surface area contributed by atoms with E-state index in [0.29, 0.717) is 0 Å². The fourth-order valence-electron chi connectivity index (χ4n) is 3.95. The first kappa shape index (κ1) is 19.4. The average Bonchev–Trinajstić information content (AvgIpc) is 3.16. The van der Waals surface area contributed by atoms with Gasteiger partial charge in [0.05, 0.1) is 6.61 Å². The van der Waals surface area contributed by atoms with Gasteiger partial charge in [0.1, 0.15) is 30.2 Å². The lowest BCUT2D eigenvalue weighted by Crippen LogP contribution is -2.54. The third-order valence-electron chi connectivity index (χ3n) is 5.65. The number of methoxy groups -OCH3 is 1. The molecule has 3 N–H and O–H groups in total. The van der Waals surface area contributed by atoms with E-state index in [2.05, 4.69) is 12.1 Å². The van der Waals surface area contributed by atoms with Gasteiger partial charge >= 0.3 is 0 Å². The zero-order chi connectivity index (χ0) is 19.8. The molecule has 0 saturated carbocycles. The number of benzene rings is 2. The van der Waals surface area contributed by atoms with E-state index in [9.17, 15) is 15.3 Å². The van der Waals surface area contributed by atoms with E-state index < -0.39 is 30.7 Å². The fraction of sp³-hybridized carbons (Fsp3) is 0.455. The molecular formula is C22H26O6. The highest BCUT2D eigenvalue weighted by atomic mass is 16.7. The number of rotatable bonds is 4. The molecule has 0 aromatic heterocycles. The molecule has 2 heterocycles. The maximum Gasteiger partial charge on any atom is 0.186 e. The van der Waals surface area contributed by atoms with E-state index in [1.54, 1.807) is 0 Å². The van der Waals surface area contributed by atoms with Crippen LogP contribution in [0.5, 0.6) is 5.75 Å². The van der Waals surface area contributed by atoms with Gasteiger partial charge in [-0.3, -0.25) is 0 Å². The summed E-state index contributed by atoms with van der Waals surface area (Å²) in [6.07, 6.45) is -3.98. The topological polar surface area (TPSA) is 88.4 Å². The molecule has 0 spiro atoms. The minimum atomic E-state index is -1.34. The van der Waals surface area contributed by atoms with Gasteiger partial charge in [0, 0.05) is 13.5 Å². The monoisotopic (exact) mass is 386 g/mol.